The summed E-state index contributed by atoms with van der Waals surface area (Å²) >= 11 is 2.56. The minimum atomic E-state index is -2.90. The zero-order chi connectivity index (χ0) is 48.2. The van der Waals surface area contributed by atoms with Crippen molar-refractivity contribution in [2.75, 3.05) is 0 Å². The van der Waals surface area contributed by atoms with E-state index in [1.54, 1.807) is 63.6 Å². The average molecular weight is 1070 g/mol. The van der Waals surface area contributed by atoms with E-state index in [0.717, 1.165) is 12.8 Å². The standard InChI is InChI=1S/C66H97Si.3ClH.Ti/c1-7-13-19-26-36-56-45-57(37-27-20-14-8-2)50-64(49-56)67(63-43-42-62(48-63)44-55-34-32-25-33-35-55,65-51-58(38-28-21-15-9-3)46-59(52-65)39-29-22-16-10-4)66-53-60(40-30-23-17-11-5)47-61(54-66)41-31-24-18-12-6;;;;/h25,32-35,42,45-47,49-54H,7-24,26-31,36-41,43-44H2,1-6H3;3*1H;/q;;;;+3/p-3. The smallest absolute Gasteiger partial charge is 1.00 e. The van der Waals surface area contributed by atoms with Gasteiger partial charge in [-0.05, 0) is 0 Å². The normalized spacial score (nSPS) is 12.4. The molecule has 0 saturated carbocycles. The molecule has 0 spiro atoms. The molecule has 0 fully saturated rings. The van der Waals surface area contributed by atoms with Gasteiger partial charge in [-0.25, -0.2) is 0 Å². The van der Waals surface area contributed by atoms with Crippen LogP contribution in [0.2, 0.25) is 0 Å². The monoisotopic (exact) mass is 1070 g/mol. The molecule has 1 aliphatic rings. The van der Waals surface area contributed by atoms with E-state index in [1.165, 1.54) is 198 Å². The molecule has 4 aromatic carbocycles. The molecule has 1 aliphatic carbocycles. The van der Waals surface area contributed by atoms with Crippen LogP contribution in [0.5, 0.6) is 0 Å². The number of halogens is 3. The first-order valence-electron chi connectivity index (χ1n) is 29.0. The Morgan fingerprint density at radius 2 is 0.634 bits per heavy atom. The van der Waals surface area contributed by atoms with Crippen LogP contribution in [-0.4, -0.2) is 8.07 Å². The van der Waals surface area contributed by atoms with E-state index < -0.39 is 8.07 Å². The molecular formula is C66H97Cl3SiTi. The molecule has 0 saturated heterocycles. The molecule has 0 bridgehead atoms. The van der Waals surface area contributed by atoms with Crippen molar-refractivity contribution in [3.05, 3.63) is 145 Å². The second-order valence-corrected chi connectivity index (χ2v) is 25.8. The summed E-state index contributed by atoms with van der Waals surface area (Å²) in [7, 11) is -2.90. The van der Waals surface area contributed by atoms with E-state index in [4.69, 9.17) is 0 Å². The third-order valence-electron chi connectivity index (χ3n) is 15.2. The van der Waals surface area contributed by atoms with Gasteiger partial charge in [-0.15, -0.1) is 0 Å². The Bertz CT molecular complexity index is 1840. The molecule has 4 aromatic rings. The molecular weight excluding hydrogens is 975 g/mol. The Labute approximate surface area is 469 Å². The van der Waals surface area contributed by atoms with Gasteiger partial charge in [-0.1, -0.05) is 0 Å². The van der Waals surface area contributed by atoms with Gasteiger partial charge < -0.3 is 37.2 Å². The maximum absolute atomic E-state index is 2.90. The van der Waals surface area contributed by atoms with Crippen molar-refractivity contribution in [2.45, 2.75) is 247 Å². The molecule has 0 unspecified atom stereocenters. The Morgan fingerprint density at radius 1 is 0.352 bits per heavy atom. The van der Waals surface area contributed by atoms with Crippen molar-refractivity contribution in [2.24, 2.45) is 0 Å². The molecule has 5 heteroatoms. The average Bonchev–Trinajstić information content (AvgIpc) is 3.71. The van der Waals surface area contributed by atoms with Gasteiger partial charge in [-0.2, -0.15) is 0 Å². The van der Waals surface area contributed by atoms with E-state index >= 15 is 0 Å². The number of rotatable bonds is 36. The van der Waals surface area contributed by atoms with Gasteiger partial charge in [0, 0.05) is 0 Å². The van der Waals surface area contributed by atoms with Crippen LogP contribution in [0, 0.1) is 0 Å². The van der Waals surface area contributed by atoms with Crippen LogP contribution in [0.4, 0.5) is 0 Å². The summed E-state index contributed by atoms with van der Waals surface area (Å²) < 4.78 is 1.59. The van der Waals surface area contributed by atoms with E-state index in [1.807, 2.05) is 0 Å². The number of benzene rings is 4. The van der Waals surface area contributed by atoms with Crippen LogP contribution in [0.1, 0.15) is 241 Å². The quantitative estimate of drug-likeness (QED) is 0.0243. The van der Waals surface area contributed by atoms with Crippen molar-refractivity contribution in [1.29, 1.82) is 0 Å². The molecule has 0 N–H and O–H groups in total. The molecule has 0 nitrogen and oxygen atoms in total. The molecule has 0 aromatic heterocycles. The first-order chi connectivity index (χ1) is 33.4. The number of hydrogen-bond donors (Lipinski definition) is 0. The molecule has 0 heterocycles. The van der Waals surface area contributed by atoms with E-state index in [2.05, 4.69) is 153 Å². The van der Waals surface area contributed by atoms with E-state index in [9.17, 15) is 0 Å². The number of aryl methyl sites for hydroxylation is 6. The van der Waals surface area contributed by atoms with Crippen LogP contribution in [0.15, 0.2) is 106 Å². The summed E-state index contributed by atoms with van der Waals surface area (Å²) in [6.45, 7) is 14.2. The van der Waals surface area contributed by atoms with Crippen molar-refractivity contribution in [1.82, 2.24) is 0 Å². The van der Waals surface area contributed by atoms with Crippen LogP contribution in [0.3, 0.4) is 0 Å². The zero-order valence-electron chi connectivity index (χ0n) is 45.9. The summed E-state index contributed by atoms with van der Waals surface area (Å²) in [5.41, 5.74) is 12.6. The van der Waals surface area contributed by atoms with Crippen LogP contribution in [-0.2, 0) is 65.4 Å². The molecule has 0 radical (unpaired) electrons. The summed E-state index contributed by atoms with van der Waals surface area (Å²) in [4.78, 5) is 0. The Morgan fingerprint density at radius 3 is 0.901 bits per heavy atom. The Balaban J connectivity index is 0.00000576. The first-order valence-corrected chi connectivity index (χ1v) is 31.8. The van der Waals surface area contributed by atoms with Gasteiger partial charge in [-0.3, -0.25) is 0 Å². The zero-order valence-corrected chi connectivity index (χ0v) is 50.8. The minimum absolute atomic E-state index is 0. The fraction of sp³-hybridized carbons (Fsp3) is 0.576. The topological polar surface area (TPSA) is 0 Å². The number of allylic oxidation sites excluding steroid dienone is 4. The largest absolute Gasteiger partial charge is 1.00 e. The van der Waals surface area contributed by atoms with Gasteiger partial charge in [0.15, 0.2) is 0 Å². The molecule has 5 rings (SSSR count). The molecule has 0 atom stereocenters. The molecule has 0 aliphatic heterocycles. The van der Waals surface area contributed by atoms with Gasteiger partial charge in [0.1, 0.15) is 0 Å². The third-order valence-corrected chi connectivity index (χ3v) is 21.4. The van der Waals surface area contributed by atoms with Crippen molar-refractivity contribution in [3.63, 3.8) is 0 Å². The van der Waals surface area contributed by atoms with Gasteiger partial charge in [0.2, 0.25) is 0 Å². The number of hydrogen-bond acceptors (Lipinski definition) is 0. The van der Waals surface area contributed by atoms with Crippen molar-refractivity contribution in [3.8, 4) is 0 Å². The predicted octanol–water partition coefficient (Wildman–Crippen LogP) is 8.82. The summed E-state index contributed by atoms with van der Waals surface area (Å²) in [5, 5.41) is 6.81. The SMILES string of the molecule is CCCCCCc1cc(CCCCCC)cc([Si](C2=[C]([Ti+3])C(Cc3ccccc3)=CC2)(c2cc(CCCCCC)cc(CCCCCC)c2)c2cc(CCCCCC)cc(CCCCCC)c2)c1.[Cl-].[Cl-].[Cl-]. The van der Waals surface area contributed by atoms with Crippen molar-refractivity contribution >= 4 is 23.6 Å². The van der Waals surface area contributed by atoms with E-state index in [-0.39, 0.29) is 37.2 Å². The molecule has 390 valence electrons. The Kier molecular flexibility index (Phi) is 34.8. The fourth-order valence-electron chi connectivity index (χ4n) is 11.3. The molecule has 71 heavy (non-hydrogen) atoms. The van der Waals surface area contributed by atoms with Crippen molar-refractivity contribution < 1.29 is 57.7 Å². The first kappa shape index (κ1) is 65.3. The van der Waals surface area contributed by atoms with E-state index in [0.29, 0.717) is 0 Å². The number of unbranched alkanes of at least 4 members (excludes halogenated alkanes) is 18. The maximum atomic E-state index is 2.81. The summed E-state index contributed by atoms with van der Waals surface area (Å²) in [5.74, 6) is 0. The fourth-order valence-corrected chi connectivity index (χ4v) is 18.0. The minimum Gasteiger partial charge on any atom is -1.00 e. The summed E-state index contributed by atoms with van der Waals surface area (Å²) in [6, 6.07) is 36.2. The molecule has 0 amide bonds. The predicted molar refractivity (Wildman–Crippen MR) is 301 cm³/mol. The van der Waals surface area contributed by atoms with Crippen LogP contribution < -0.4 is 52.8 Å². The summed E-state index contributed by atoms with van der Waals surface area (Å²) in [6.07, 6.45) is 43.3. The van der Waals surface area contributed by atoms with Crippen LogP contribution in [0.25, 0.3) is 0 Å². The second kappa shape index (κ2) is 37.8. The second-order valence-electron chi connectivity index (χ2n) is 21.2. The van der Waals surface area contributed by atoms with Gasteiger partial charge in [0.05, 0.1) is 0 Å². The Hall–Kier alpha value is -1.84. The van der Waals surface area contributed by atoms with Crippen LogP contribution >= 0.6 is 0 Å². The maximum Gasteiger partial charge on any atom is -1.00 e. The third kappa shape index (κ3) is 21.0. The van der Waals surface area contributed by atoms with Gasteiger partial charge >= 0.3 is 436 Å². The van der Waals surface area contributed by atoms with Gasteiger partial charge in [0.25, 0.3) is 0 Å².